The van der Waals surface area contributed by atoms with Crippen molar-refractivity contribution in [3.63, 3.8) is 0 Å². The smallest absolute Gasteiger partial charge is 0.187 e. The molecule has 86 heavy (non-hydrogen) atoms. The molecule has 6 saturated heterocycles. The highest BCUT2D eigenvalue weighted by atomic mass is 16.8. The number of methoxy groups -OCH3 is 18. The summed E-state index contributed by atoms with van der Waals surface area (Å²) in [6.45, 7) is 2.13. The third-order valence-corrected chi connectivity index (χ3v) is 17.9. The van der Waals surface area contributed by atoms with Crippen LogP contribution >= 0.6 is 0 Å². The maximum atomic E-state index is 10.6. The largest absolute Gasteiger partial charge is 0.396 e. The molecule has 1 aliphatic carbocycles. The van der Waals surface area contributed by atoms with Gasteiger partial charge in [0, 0.05) is 134 Å². The van der Waals surface area contributed by atoms with Crippen molar-refractivity contribution in [2.45, 2.75) is 190 Å². The van der Waals surface area contributed by atoms with Crippen LogP contribution in [-0.4, -0.2) is 356 Å². The average molecular weight is 1250 g/mol. The van der Waals surface area contributed by atoms with E-state index >= 15 is 0 Å². The van der Waals surface area contributed by atoms with Gasteiger partial charge in [0.25, 0.3) is 0 Å². The predicted octanol–water partition coefficient (Wildman–Crippen LogP) is -1.68. The van der Waals surface area contributed by atoms with E-state index in [0.29, 0.717) is 0 Å². The number of aliphatic hydroxyl groups excluding tert-OH is 1. The Kier molecular flexibility index (Phi) is 28.6. The normalized spacial score (nSPS) is 46.3. The van der Waals surface area contributed by atoms with Crippen LogP contribution in [-0.2, 0) is 133 Å². The van der Waals surface area contributed by atoms with E-state index in [1.54, 1.807) is 56.9 Å². The van der Waals surface area contributed by atoms with Crippen molar-refractivity contribution in [3.8, 4) is 0 Å². The van der Waals surface area contributed by atoms with Crippen molar-refractivity contribution in [3.05, 3.63) is 0 Å². The second-order valence-electron chi connectivity index (χ2n) is 22.2. The summed E-state index contributed by atoms with van der Waals surface area (Å²) in [6.07, 6.45) is -22.5. The van der Waals surface area contributed by atoms with Gasteiger partial charge in [0.1, 0.15) is 128 Å². The molecule has 13 unspecified atom stereocenters. The van der Waals surface area contributed by atoms with E-state index in [9.17, 15) is 5.11 Å². The molecule has 0 spiro atoms. The highest BCUT2D eigenvalue weighted by Crippen LogP contribution is 2.53. The highest BCUT2D eigenvalue weighted by Gasteiger charge is 2.73. The monoisotopic (exact) mass is 1250 g/mol. The summed E-state index contributed by atoms with van der Waals surface area (Å²) in [5, 5.41) is 14.3. The Labute approximate surface area is 505 Å². The summed E-state index contributed by atoms with van der Waals surface area (Å²) in [5.41, 5.74) is -0.801. The van der Waals surface area contributed by atoms with Crippen molar-refractivity contribution in [2.75, 3.05) is 168 Å². The van der Waals surface area contributed by atoms with E-state index in [4.69, 9.17) is 133 Å². The average Bonchev–Trinajstić information content (AvgIpc) is 1.54. The Morgan fingerprint density at radius 1 is 0.326 bits per heavy atom. The van der Waals surface area contributed by atoms with E-state index < -0.39 is 183 Å². The number of epoxide rings is 1. The van der Waals surface area contributed by atoms with Gasteiger partial charge in [-0.2, -0.15) is 0 Å². The van der Waals surface area contributed by atoms with Gasteiger partial charge in [-0.3, -0.25) is 0 Å². The minimum Gasteiger partial charge on any atom is -0.396 e. The highest BCUT2D eigenvalue weighted by molar-refractivity contribution is 5.22. The zero-order chi connectivity index (χ0) is 62.6. The molecule has 30 nitrogen and oxygen atoms in total. The summed E-state index contributed by atoms with van der Waals surface area (Å²) in [4.78, 5) is 0. The molecule has 7 aliphatic rings. The van der Waals surface area contributed by atoms with Gasteiger partial charge in [0.05, 0.1) is 63.9 Å². The fourth-order valence-electron chi connectivity index (χ4n) is 13.9. The molecule has 6 heterocycles. The van der Waals surface area contributed by atoms with Crippen LogP contribution in [0.2, 0.25) is 0 Å². The van der Waals surface area contributed by atoms with Crippen LogP contribution in [0.1, 0.15) is 6.92 Å². The Hall–Kier alpha value is -1.20. The van der Waals surface area contributed by atoms with Gasteiger partial charge < -0.3 is 143 Å². The van der Waals surface area contributed by atoms with Crippen LogP contribution in [0.15, 0.2) is 0 Å². The summed E-state index contributed by atoms with van der Waals surface area (Å²) in [6, 6.07) is -0.932. The minimum absolute atomic E-state index is 0.00484. The molecule has 0 aromatic rings. The minimum atomic E-state index is -1.17. The lowest BCUT2D eigenvalue weighted by atomic mass is 9.73. The van der Waals surface area contributed by atoms with Gasteiger partial charge in [-0.1, -0.05) is 0 Å². The molecule has 31 atom stereocenters. The second-order valence-corrected chi connectivity index (χ2v) is 22.2. The van der Waals surface area contributed by atoms with Gasteiger partial charge in [0.15, 0.2) is 31.5 Å². The fraction of sp³-hybridized carbons (Fsp3) is 1.00. The molecule has 7 fully saturated rings. The van der Waals surface area contributed by atoms with Crippen LogP contribution in [0.5, 0.6) is 0 Å². The fourth-order valence-corrected chi connectivity index (χ4v) is 13.9. The summed E-state index contributed by atoms with van der Waals surface area (Å²) < 4.78 is 175. The third kappa shape index (κ3) is 14.8. The van der Waals surface area contributed by atoms with Gasteiger partial charge in [-0.15, -0.1) is 0 Å². The first-order valence-electron chi connectivity index (χ1n) is 29.0. The van der Waals surface area contributed by atoms with Gasteiger partial charge >= 0.3 is 0 Å². The second kappa shape index (κ2) is 34.1. The summed E-state index contributed by atoms with van der Waals surface area (Å²) >= 11 is 0. The first-order chi connectivity index (χ1) is 41.7. The number of hydrogen-bond donors (Lipinski definition) is 2. The lowest BCUT2D eigenvalue weighted by molar-refractivity contribution is -0.398. The molecule has 0 radical (unpaired) electrons. The number of nitrogens with one attached hydrogen (secondary N) is 1. The number of ether oxygens (including phenoxy) is 28. The first-order valence-corrected chi connectivity index (χ1v) is 29.0. The van der Waals surface area contributed by atoms with E-state index in [1.807, 2.05) is 6.92 Å². The molecule has 504 valence electrons. The van der Waals surface area contributed by atoms with Crippen molar-refractivity contribution in [1.29, 1.82) is 0 Å². The molecule has 2 N–H and O–H groups in total. The van der Waals surface area contributed by atoms with Crippen LogP contribution in [0.4, 0.5) is 0 Å². The molecular weight excluding hydrogens is 1150 g/mol. The Balaban J connectivity index is 1.09. The number of hydrogen-bond acceptors (Lipinski definition) is 30. The van der Waals surface area contributed by atoms with Gasteiger partial charge in [-0.05, 0) is 6.92 Å². The van der Waals surface area contributed by atoms with Crippen molar-refractivity contribution < 1.29 is 138 Å². The van der Waals surface area contributed by atoms with Gasteiger partial charge in [-0.25, -0.2) is 0 Å². The van der Waals surface area contributed by atoms with Crippen LogP contribution < -0.4 is 5.32 Å². The number of fused-ring (bicyclic) bond motifs is 1. The van der Waals surface area contributed by atoms with Crippen molar-refractivity contribution in [2.24, 2.45) is 5.92 Å². The SMILES string of the molecule is COCC1O[C@H](O[C@H]2C(COC)O[C@H](O[C@H]3C(COC)O[C@H](O[C@H]4C(COC)O[C@@H](OC)C(OC)[C@@H]4OC)C(OC)[C@@H]3OC)C(OC)[C@@H]2OC)C(OC)[C@H](OC)[C@H]1O[C@@H]1OC(C)[C@H](N[C@H]2C(OC)[C@H](OC)[C@H](CO)C3(COC)OC23)[C@@H](OC)C1OC. The lowest BCUT2D eigenvalue weighted by Gasteiger charge is -2.52. The van der Waals surface area contributed by atoms with Crippen molar-refractivity contribution >= 4 is 0 Å². The first kappa shape index (κ1) is 72.2. The summed E-state index contributed by atoms with van der Waals surface area (Å²) in [7, 11) is 27.8. The maximum Gasteiger partial charge on any atom is 0.187 e. The zero-order valence-corrected chi connectivity index (χ0v) is 53.4. The number of aliphatic hydroxyl groups is 1. The molecule has 0 aromatic heterocycles. The molecular formula is C56H101NO29. The van der Waals surface area contributed by atoms with E-state index in [1.165, 1.54) is 71.1 Å². The van der Waals surface area contributed by atoms with Gasteiger partial charge in [0.2, 0.25) is 0 Å². The van der Waals surface area contributed by atoms with E-state index in [2.05, 4.69) is 5.32 Å². The van der Waals surface area contributed by atoms with E-state index in [0.717, 1.165) is 0 Å². The lowest BCUT2D eigenvalue weighted by Crippen LogP contribution is -2.71. The quantitative estimate of drug-likeness (QED) is 0.0680. The van der Waals surface area contributed by atoms with Crippen molar-refractivity contribution in [1.82, 2.24) is 5.32 Å². The molecule has 7 rings (SSSR count). The Bertz CT molecular complexity index is 1930. The summed E-state index contributed by atoms with van der Waals surface area (Å²) in [5.74, 6) is -0.403. The van der Waals surface area contributed by atoms with E-state index in [-0.39, 0.29) is 45.7 Å². The molecule has 30 heteroatoms. The topological polar surface area (TPSA) is 294 Å². The standard InChI is InChI=1S/C56H101NO29/c1-26-32(57-33-40(66-9)34(64-7)27(20-58)56(25-63-6)50(33)86-56)39(65-8)45(71-14)52(77-26)82-36-29(22-60-3)79-54(47(73-16)42(36)68-11)84-38-31(24-62-5)81-55(49(75-18)44(38)70-13)85-37-30(23-61-4)80-53(48(74-17)43(37)69-12)83-35-28(21-59-2)78-51(76-19)46(72-15)41(35)67-10/h26-55,57-58H,20-25H2,1-19H3/t26?,27-,28?,29?,30?,31?,32-,33-,34+,35-,36-,37-,38-,39+,40?,41+,42+,43+,44+,45?,46?,47?,48?,49?,50?,51+,52-,53+,54+,55+,56?/m0/s1. The molecule has 1 saturated carbocycles. The van der Waals surface area contributed by atoms with Crippen LogP contribution in [0, 0.1) is 5.92 Å². The number of rotatable bonds is 34. The molecule has 0 aromatic carbocycles. The van der Waals surface area contributed by atoms with Crippen LogP contribution in [0.3, 0.4) is 0 Å². The van der Waals surface area contributed by atoms with Crippen LogP contribution in [0.25, 0.3) is 0 Å². The molecule has 6 aliphatic heterocycles. The Morgan fingerprint density at radius 2 is 0.628 bits per heavy atom. The predicted molar refractivity (Wildman–Crippen MR) is 293 cm³/mol. The maximum absolute atomic E-state index is 10.6. The zero-order valence-electron chi connectivity index (χ0n) is 53.4. The molecule has 0 bridgehead atoms. The molecule has 0 amide bonds. The Morgan fingerprint density at radius 3 is 0.930 bits per heavy atom. The third-order valence-electron chi connectivity index (χ3n) is 17.9.